The Balaban J connectivity index is 1.36. The summed E-state index contributed by atoms with van der Waals surface area (Å²) in [6.07, 6.45) is 1.42. The fourth-order valence-corrected chi connectivity index (χ4v) is 5.88. The van der Waals surface area contributed by atoms with Crippen molar-refractivity contribution in [3.8, 4) is 0 Å². The number of piperazine rings is 1. The van der Waals surface area contributed by atoms with Crippen LogP contribution in [-0.4, -0.2) is 78.9 Å². The van der Waals surface area contributed by atoms with Crippen LogP contribution in [0.3, 0.4) is 0 Å². The summed E-state index contributed by atoms with van der Waals surface area (Å²) in [4.78, 5) is 28.1. The molecule has 4 fully saturated rings. The third kappa shape index (κ3) is 2.71. The van der Waals surface area contributed by atoms with Crippen molar-refractivity contribution in [2.24, 2.45) is 5.92 Å². The van der Waals surface area contributed by atoms with Crippen molar-refractivity contribution in [3.05, 3.63) is 29.3 Å². The first-order valence-corrected chi connectivity index (χ1v) is 11.2. The van der Waals surface area contributed by atoms with E-state index in [1.807, 2.05) is 0 Å². The van der Waals surface area contributed by atoms with Gasteiger partial charge in [-0.2, -0.15) is 4.31 Å². The molecule has 1 aliphatic carbocycles. The molecule has 1 atom stereocenters. The van der Waals surface area contributed by atoms with Gasteiger partial charge in [-0.3, -0.25) is 9.69 Å². The minimum Gasteiger partial charge on any atom is -0.437 e. The summed E-state index contributed by atoms with van der Waals surface area (Å²) in [6, 6.07) is 5.66. The molecule has 1 spiro atoms. The monoisotopic (exact) mass is 425 g/mol. The van der Waals surface area contributed by atoms with E-state index in [9.17, 15) is 18.0 Å². The molecule has 3 saturated heterocycles. The van der Waals surface area contributed by atoms with Gasteiger partial charge >= 0.3 is 6.09 Å². The van der Waals surface area contributed by atoms with Crippen molar-refractivity contribution in [3.63, 3.8) is 0 Å². The number of fused-ring (bicyclic) bond motifs is 2. The highest BCUT2D eigenvalue weighted by atomic mass is 35.5. The number of ether oxygens (including phenoxy) is 1. The molecule has 150 valence electrons. The molecule has 28 heavy (non-hydrogen) atoms. The lowest BCUT2D eigenvalue weighted by Crippen LogP contribution is -2.72. The van der Waals surface area contributed by atoms with Gasteiger partial charge in [0.15, 0.2) is 5.60 Å². The van der Waals surface area contributed by atoms with Gasteiger partial charge in [0.2, 0.25) is 15.9 Å². The molecule has 1 aromatic carbocycles. The SMILES string of the molecule is O=C(C1CC1)N1CC2(C1)OC(=O)N1CCN(S(=O)(=O)c3ccc(Cl)cc3)CC12. The Morgan fingerprint density at radius 2 is 1.82 bits per heavy atom. The summed E-state index contributed by atoms with van der Waals surface area (Å²) < 4.78 is 33.1. The molecule has 0 bridgehead atoms. The van der Waals surface area contributed by atoms with Crippen LogP contribution in [0.5, 0.6) is 0 Å². The summed E-state index contributed by atoms with van der Waals surface area (Å²) in [5, 5.41) is 0.465. The van der Waals surface area contributed by atoms with Crippen molar-refractivity contribution in [1.29, 1.82) is 0 Å². The maximum Gasteiger partial charge on any atom is 0.411 e. The van der Waals surface area contributed by atoms with Crippen LogP contribution in [-0.2, 0) is 19.6 Å². The molecular weight excluding hydrogens is 406 g/mol. The molecular formula is C18H20ClN3O5S. The predicted molar refractivity (Wildman–Crippen MR) is 99.2 cm³/mol. The third-order valence-corrected chi connectivity index (χ3v) is 8.21. The van der Waals surface area contributed by atoms with Crippen LogP contribution in [0.1, 0.15) is 12.8 Å². The number of likely N-dealkylation sites (tertiary alicyclic amines) is 1. The van der Waals surface area contributed by atoms with Gasteiger partial charge < -0.3 is 9.64 Å². The van der Waals surface area contributed by atoms with Gasteiger partial charge in [-0.05, 0) is 37.1 Å². The van der Waals surface area contributed by atoms with E-state index in [0.29, 0.717) is 18.1 Å². The molecule has 0 aromatic heterocycles. The number of benzene rings is 1. The molecule has 2 amide bonds. The van der Waals surface area contributed by atoms with Crippen LogP contribution in [0.25, 0.3) is 0 Å². The van der Waals surface area contributed by atoms with E-state index in [-0.39, 0.29) is 42.4 Å². The third-order valence-electron chi connectivity index (χ3n) is 6.08. The lowest BCUT2D eigenvalue weighted by atomic mass is 9.84. The fourth-order valence-electron chi connectivity index (χ4n) is 4.32. The molecule has 5 rings (SSSR count). The summed E-state index contributed by atoms with van der Waals surface area (Å²) >= 11 is 5.86. The number of amides is 2. The first kappa shape index (κ1) is 18.2. The largest absolute Gasteiger partial charge is 0.437 e. The number of carbonyl (C=O) groups excluding carboxylic acids is 2. The molecule has 1 unspecified atom stereocenters. The van der Waals surface area contributed by atoms with E-state index in [4.69, 9.17) is 16.3 Å². The normalized spacial score (nSPS) is 26.8. The van der Waals surface area contributed by atoms with Gasteiger partial charge in [-0.1, -0.05) is 11.6 Å². The molecule has 0 radical (unpaired) electrons. The summed E-state index contributed by atoms with van der Waals surface area (Å²) in [7, 11) is -3.70. The van der Waals surface area contributed by atoms with Crippen molar-refractivity contribution >= 4 is 33.6 Å². The van der Waals surface area contributed by atoms with Gasteiger partial charge in [0.25, 0.3) is 0 Å². The van der Waals surface area contributed by atoms with Gasteiger partial charge in [0.1, 0.15) is 0 Å². The summed E-state index contributed by atoms with van der Waals surface area (Å²) in [5.41, 5.74) is -0.810. The Hall–Kier alpha value is -1.84. The minimum absolute atomic E-state index is 0.110. The van der Waals surface area contributed by atoms with Gasteiger partial charge in [0, 0.05) is 30.6 Å². The quantitative estimate of drug-likeness (QED) is 0.725. The van der Waals surface area contributed by atoms with Gasteiger partial charge in [-0.15, -0.1) is 0 Å². The zero-order chi connectivity index (χ0) is 19.7. The van der Waals surface area contributed by atoms with Gasteiger partial charge in [0.05, 0.1) is 24.0 Å². The van der Waals surface area contributed by atoms with Crippen LogP contribution in [0.15, 0.2) is 29.2 Å². The Kier molecular flexibility index (Phi) is 3.95. The van der Waals surface area contributed by atoms with E-state index in [1.54, 1.807) is 21.9 Å². The van der Waals surface area contributed by atoms with Crippen LogP contribution < -0.4 is 0 Å². The van der Waals surface area contributed by atoms with Crippen LogP contribution >= 0.6 is 11.6 Å². The molecule has 8 nitrogen and oxygen atoms in total. The average molecular weight is 426 g/mol. The smallest absolute Gasteiger partial charge is 0.411 e. The standard InChI is InChI=1S/C18H20ClN3O5S/c19-13-3-5-14(6-4-13)28(25,26)21-7-8-22-15(9-21)18(27-17(22)24)10-20(11-18)16(23)12-1-2-12/h3-6,12,15H,1-2,7-11H2. The minimum atomic E-state index is -3.70. The lowest BCUT2D eigenvalue weighted by Gasteiger charge is -2.51. The van der Waals surface area contributed by atoms with E-state index >= 15 is 0 Å². The number of halogens is 1. The van der Waals surface area contributed by atoms with Crippen molar-refractivity contribution in [2.45, 2.75) is 29.4 Å². The van der Waals surface area contributed by atoms with E-state index < -0.39 is 21.7 Å². The Labute approximate surface area is 168 Å². The highest BCUT2D eigenvalue weighted by Crippen LogP contribution is 2.42. The first-order chi connectivity index (χ1) is 13.3. The van der Waals surface area contributed by atoms with Gasteiger partial charge in [-0.25, -0.2) is 13.2 Å². The van der Waals surface area contributed by atoms with Crippen molar-refractivity contribution in [1.82, 2.24) is 14.1 Å². The first-order valence-electron chi connectivity index (χ1n) is 9.34. The summed E-state index contributed by atoms with van der Waals surface area (Å²) in [6.45, 7) is 1.31. The topological polar surface area (TPSA) is 87.2 Å². The second kappa shape index (κ2) is 6.08. The molecule has 1 aromatic rings. The van der Waals surface area contributed by atoms with E-state index in [2.05, 4.69) is 0 Å². The number of rotatable bonds is 3. The maximum atomic E-state index is 13.0. The van der Waals surface area contributed by atoms with E-state index in [1.165, 1.54) is 16.4 Å². The Morgan fingerprint density at radius 3 is 2.46 bits per heavy atom. The lowest BCUT2D eigenvalue weighted by molar-refractivity contribution is -0.156. The van der Waals surface area contributed by atoms with Crippen LogP contribution in [0, 0.1) is 5.92 Å². The van der Waals surface area contributed by atoms with Crippen LogP contribution in [0.4, 0.5) is 4.79 Å². The highest BCUT2D eigenvalue weighted by molar-refractivity contribution is 7.89. The molecule has 4 aliphatic rings. The number of hydrogen-bond donors (Lipinski definition) is 0. The second-order valence-corrected chi connectivity index (χ2v) is 10.3. The van der Waals surface area contributed by atoms with Crippen LogP contribution in [0.2, 0.25) is 5.02 Å². The van der Waals surface area contributed by atoms with Crippen molar-refractivity contribution < 1.29 is 22.7 Å². The fraction of sp³-hybridized carbons (Fsp3) is 0.556. The second-order valence-electron chi connectivity index (χ2n) is 7.93. The highest BCUT2D eigenvalue weighted by Gasteiger charge is 2.63. The Morgan fingerprint density at radius 1 is 1.14 bits per heavy atom. The number of hydrogen-bond acceptors (Lipinski definition) is 5. The predicted octanol–water partition coefficient (Wildman–Crippen LogP) is 1.16. The molecule has 1 saturated carbocycles. The number of sulfonamides is 1. The molecule has 10 heteroatoms. The number of nitrogens with zero attached hydrogens (tertiary/aromatic N) is 3. The maximum absolute atomic E-state index is 13.0. The molecule has 3 heterocycles. The zero-order valence-electron chi connectivity index (χ0n) is 15.1. The average Bonchev–Trinajstić information content (AvgIpc) is 3.44. The Bertz CT molecular complexity index is 940. The molecule has 0 N–H and O–H groups in total. The number of carbonyl (C=O) groups is 2. The molecule has 3 aliphatic heterocycles. The van der Waals surface area contributed by atoms with Crippen molar-refractivity contribution in [2.75, 3.05) is 32.7 Å². The zero-order valence-corrected chi connectivity index (χ0v) is 16.7. The summed E-state index contributed by atoms with van der Waals surface area (Å²) in [5.74, 6) is 0.222. The van der Waals surface area contributed by atoms with E-state index in [0.717, 1.165) is 12.8 Å².